The van der Waals surface area contributed by atoms with E-state index in [1.807, 2.05) is 49.3 Å². The second-order valence-electron chi connectivity index (χ2n) is 7.48. The summed E-state index contributed by atoms with van der Waals surface area (Å²) in [6.07, 6.45) is 2.29. The molecular formula is C19H25N5O2. The molecule has 0 aliphatic carbocycles. The summed E-state index contributed by atoms with van der Waals surface area (Å²) in [5, 5.41) is 8.43. The van der Waals surface area contributed by atoms with E-state index >= 15 is 0 Å². The van der Waals surface area contributed by atoms with Crippen LogP contribution in [0.15, 0.2) is 34.7 Å². The van der Waals surface area contributed by atoms with Gasteiger partial charge < -0.3 is 14.2 Å². The summed E-state index contributed by atoms with van der Waals surface area (Å²) in [7, 11) is 3.63. The Labute approximate surface area is 153 Å². The Hall–Kier alpha value is -2.41. The first-order chi connectivity index (χ1) is 12.6. The molecule has 2 amide bonds. The summed E-state index contributed by atoms with van der Waals surface area (Å²) in [5.74, 6) is 1.71. The Balaban J connectivity index is 1.46. The fourth-order valence-corrected chi connectivity index (χ4v) is 4.00. The number of piperidine rings is 1. The first-order valence-corrected chi connectivity index (χ1v) is 9.18. The second kappa shape index (κ2) is 7.07. The minimum atomic E-state index is 0.105. The number of carbonyl (C=O) groups excluding carboxylic acids is 1. The normalized spacial score (nSPS) is 23.1. The van der Waals surface area contributed by atoms with Crippen LogP contribution in [0, 0.1) is 5.92 Å². The molecule has 0 saturated carbocycles. The van der Waals surface area contributed by atoms with Gasteiger partial charge in [-0.25, -0.2) is 4.79 Å². The summed E-state index contributed by atoms with van der Waals surface area (Å²) in [5.41, 5.74) is 0.936. The van der Waals surface area contributed by atoms with E-state index in [9.17, 15) is 4.79 Å². The summed E-state index contributed by atoms with van der Waals surface area (Å²) in [6, 6.07) is 10.3. The molecule has 7 heteroatoms. The highest BCUT2D eigenvalue weighted by Crippen LogP contribution is 2.30. The maximum atomic E-state index is 12.4. The van der Waals surface area contributed by atoms with Gasteiger partial charge in [0.2, 0.25) is 11.8 Å². The van der Waals surface area contributed by atoms with Crippen molar-refractivity contribution in [3.8, 4) is 11.5 Å². The molecule has 2 bridgehead atoms. The van der Waals surface area contributed by atoms with Gasteiger partial charge in [0.25, 0.3) is 0 Å². The van der Waals surface area contributed by atoms with E-state index in [1.54, 1.807) is 4.90 Å². The molecule has 5 rings (SSSR count). The van der Waals surface area contributed by atoms with Crippen LogP contribution in [0.5, 0.6) is 0 Å². The van der Waals surface area contributed by atoms with Crippen molar-refractivity contribution in [2.24, 2.45) is 5.92 Å². The molecule has 138 valence electrons. The SMILES string of the molecule is CN(C)C(=O)N1C[C@H]2CC[C@@H](C1)N(Cc1nnc(-c3ccccc3)o1)C2. The van der Waals surface area contributed by atoms with Gasteiger partial charge in [-0.1, -0.05) is 18.2 Å². The Kier molecular flexibility index (Phi) is 4.63. The molecule has 26 heavy (non-hydrogen) atoms. The van der Waals surface area contributed by atoms with Crippen LogP contribution in [0.1, 0.15) is 18.7 Å². The molecule has 3 fully saturated rings. The van der Waals surface area contributed by atoms with Crippen molar-refractivity contribution in [1.82, 2.24) is 24.9 Å². The van der Waals surface area contributed by atoms with Gasteiger partial charge in [0.15, 0.2) is 0 Å². The zero-order chi connectivity index (χ0) is 18.1. The Morgan fingerprint density at radius 1 is 1.15 bits per heavy atom. The molecule has 1 aromatic carbocycles. The molecule has 2 atom stereocenters. The minimum absolute atomic E-state index is 0.105. The molecule has 1 aromatic heterocycles. The van der Waals surface area contributed by atoms with Crippen LogP contribution in [-0.2, 0) is 6.54 Å². The Bertz CT molecular complexity index is 760. The van der Waals surface area contributed by atoms with Gasteiger partial charge in [-0.2, -0.15) is 0 Å². The van der Waals surface area contributed by atoms with Crippen molar-refractivity contribution in [1.29, 1.82) is 0 Å². The highest BCUT2D eigenvalue weighted by molar-refractivity contribution is 5.74. The molecule has 2 aromatic rings. The zero-order valence-corrected chi connectivity index (χ0v) is 15.3. The lowest BCUT2D eigenvalue weighted by Gasteiger charge is -2.34. The Morgan fingerprint density at radius 2 is 1.96 bits per heavy atom. The van der Waals surface area contributed by atoms with Gasteiger partial charge in [0, 0.05) is 45.3 Å². The lowest BCUT2D eigenvalue weighted by molar-refractivity contribution is 0.112. The first kappa shape index (κ1) is 17.0. The minimum Gasteiger partial charge on any atom is -0.419 e. The van der Waals surface area contributed by atoms with E-state index in [0.717, 1.165) is 31.6 Å². The van der Waals surface area contributed by atoms with Gasteiger partial charge in [-0.05, 0) is 30.9 Å². The molecular weight excluding hydrogens is 330 g/mol. The fraction of sp³-hybridized carbons (Fsp3) is 0.526. The predicted molar refractivity (Wildman–Crippen MR) is 97.3 cm³/mol. The average Bonchev–Trinajstić information content (AvgIpc) is 2.92. The van der Waals surface area contributed by atoms with Crippen molar-refractivity contribution in [2.75, 3.05) is 33.7 Å². The third-order valence-corrected chi connectivity index (χ3v) is 5.31. The lowest BCUT2D eigenvalue weighted by Crippen LogP contribution is -2.45. The number of hydrogen-bond acceptors (Lipinski definition) is 5. The number of benzene rings is 1. The molecule has 7 nitrogen and oxygen atoms in total. The second-order valence-corrected chi connectivity index (χ2v) is 7.48. The predicted octanol–water partition coefficient (Wildman–Crippen LogP) is 2.31. The van der Waals surface area contributed by atoms with Crippen LogP contribution in [0.25, 0.3) is 11.5 Å². The summed E-state index contributed by atoms with van der Waals surface area (Å²) in [6.45, 7) is 3.23. The molecule has 3 aliphatic rings. The Morgan fingerprint density at radius 3 is 2.73 bits per heavy atom. The van der Waals surface area contributed by atoms with Gasteiger partial charge in [0.1, 0.15) is 0 Å². The largest absolute Gasteiger partial charge is 0.419 e. The van der Waals surface area contributed by atoms with Crippen molar-refractivity contribution < 1.29 is 9.21 Å². The number of nitrogens with zero attached hydrogens (tertiary/aromatic N) is 5. The first-order valence-electron chi connectivity index (χ1n) is 9.18. The van der Waals surface area contributed by atoms with Crippen molar-refractivity contribution in [2.45, 2.75) is 25.4 Å². The average molecular weight is 355 g/mol. The maximum absolute atomic E-state index is 12.4. The van der Waals surface area contributed by atoms with Gasteiger partial charge in [0.05, 0.1) is 6.54 Å². The van der Waals surface area contributed by atoms with E-state index in [1.165, 1.54) is 6.42 Å². The van der Waals surface area contributed by atoms with Crippen LogP contribution in [0.3, 0.4) is 0 Å². The van der Waals surface area contributed by atoms with E-state index < -0.39 is 0 Å². The number of carbonyl (C=O) groups is 1. The summed E-state index contributed by atoms with van der Waals surface area (Å²) < 4.78 is 5.88. The number of urea groups is 1. The van der Waals surface area contributed by atoms with Crippen LogP contribution < -0.4 is 0 Å². The maximum Gasteiger partial charge on any atom is 0.319 e. The van der Waals surface area contributed by atoms with Crippen LogP contribution in [0.2, 0.25) is 0 Å². The van der Waals surface area contributed by atoms with Gasteiger partial charge in [-0.3, -0.25) is 4.90 Å². The van der Waals surface area contributed by atoms with Crippen molar-refractivity contribution in [3.63, 3.8) is 0 Å². The number of aromatic nitrogens is 2. The number of amides is 2. The molecule has 3 aliphatic heterocycles. The highest BCUT2D eigenvalue weighted by Gasteiger charge is 2.37. The van der Waals surface area contributed by atoms with Crippen molar-refractivity contribution >= 4 is 6.03 Å². The number of hydrogen-bond donors (Lipinski definition) is 0. The third kappa shape index (κ3) is 3.44. The standard InChI is InChI=1S/C19H25N5O2/c1-22(2)19(25)24-11-14-8-9-16(12-24)23(10-14)13-17-20-21-18(26-17)15-6-4-3-5-7-15/h3-7,14,16H,8-13H2,1-2H3/t14-,16-/m0/s1. The van der Waals surface area contributed by atoms with E-state index in [4.69, 9.17) is 4.42 Å². The van der Waals surface area contributed by atoms with Gasteiger partial charge in [-0.15, -0.1) is 10.2 Å². The molecule has 3 saturated heterocycles. The van der Waals surface area contributed by atoms with Crippen molar-refractivity contribution in [3.05, 3.63) is 36.2 Å². The van der Waals surface area contributed by atoms with E-state index in [-0.39, 0.29) is 6.03 Å². The highest BCUT2D eigenvalue weighted by atomic mass is 16.4. The monoisotopic (exact) mass is 355 g/mol. The molecule has 0 spiro atoms. The summed E-state index contributed by atoms with van der Waals surface area (Å²) in [4.78, 5) is 18.4. The lowest BCUT2D eigenvalue weighted by atomic mass is 9.95. The quantitative estimate of drug-likeness (QED) is 0.845. The molecule has 0 radical (unpaired) electrons. The molecule has 0 unspecified atom stereocenters. The van der Waals surface area contributed by atoms with E-state index in [2.05, 4.69) is 15.1 Å². The molecule has 0 N–H and O–H groups in total. The number of rotatable bonds is 3. The van der Waals surface area contributed by atoms with Crippen LogP contribution in [0.4, 0.5) is 4.79 Å². The third-order valence-electron chi connectivity index (χ3n) is 5.31. The smallest absolute Gasteiger partial charge is 0.319 e. The van der Waals surface area contributed by atoms with Gasteiger partial charge >= 0.3 is 6.03 Å². The van der Waals surface area contributed by atoms with Crippen LogP contribution in [-0.4, -0.2) is 70.7 Å². The fourth-order valence-electron chi connectivity index (χ4n) is 4.00. The molecule has 4 heterocycles. The zero-order valence-electron chi connectivity index (χ0n) is 15.3. The topological polar surface area (TPSA) is 65.7 Å². The van der Waals surface area contributed by atoms with E-state index in [0.29, 0.717) is 30.3 Å². The number of fused-ring (bicyclic) bond motifs is 4. The van der Waals surface area contributed by atoms with Crippen LogP contribution >= 0.6 is 0 Å². The summed E-state index contributed by atoms with van der Waals surface area (Å²) >= 11 is 0.